The minimum absolute atomic E-state index is 0.0819. The second-order valence-corrected chi connectivity index (χ2v) is 12.0. The van der Waals surface area contributed by atoms with E-state index in [2.05, 4.69) is 44.9 Å². The van der Waals surface area contributed by atoms with Crippen molar-refractivity contribution in [2.24, 2.45) is 0 Å². The van der Waals surface area contributed by atoms with Gasteiger partial charge in [-0.25, -0.2) is 4.79 Å². The molecular formula is C36H38N4O3. The number of carbonyl (C=O) groups is 2. The lowest BCUT2D eigenvalue weighted by molar-refractivity contribution is -0.127. The number of pyridine rings is 1. The van der Waals surface area contributed by atoms with Crippen molar-refractivity contribution in [3.05, 3.63) is 114 Å². The number of aromatic nitrogens is 2. The van der Waals surface area contributed by atoms with Crippen molar-refractivity contribution in [3.63, 3.8) is 0 Å². The van der Waals surface area contributed by atoms with Gasteiger partial charge in [0.1, 0.15) is 12.1 Å². The molecule has 220 valence electrons. The van der Waals surface area contributed by atoms with Crippen LogP contribution in [0.25, 0.3) is 21.8 Å². The van der Waals surface area contributed by atoms with E-state index in [1.165, 1.54) is 12.0 Å². The standard InChI is InChI=1S/C36H38N4O3/c1-35(22-28-23-38-32-15-7-6-14-30(28)32,40-34(42)43-24-26-16-17-31-27(21-26)11-10-20-37-31)33(41)39-25-36(18-8-3-9-19-36)29-12-4-2-5-13-29/h2,4-7,10-17,20-21,23,38H,3,8-9,18-19,22,24-25H2,1H3,(H,39,41)(H,40,42). The number of alkyl carbamates (subject to hydrolysis) is 1. The van der Waals surface area contributed by atoms with Gasteiger partial charge in [-0.3, -0.25) is 9.78 Å². The molecule has 1 aliphatic rings. The molecule has 1 unspecified atom stereocenters. The number of amides is 2. The Hall–Kier alpha value is -4.65. The van der Waals surface area contributed by atoms with Crippen molar-refractivity contribution in [3.8, 4) is 0 Å². The summed E-state index contributed by atoms with van der Waals surface area (Å²) in [6.45, 7) is 2.38. The monoisotopic (exact) mass is 574 g/mol. The molecule has 43 heavy (non-hydrogen) atoms. The Balaban J connectivity index is 1.21. The van der Waals surface area contributed by atoms with Gasteiger partial charge in [0, 0.05) is 47.1 Å². The van der Waals surface area contributed by atoms with Gasteiger partial charge in [-0.15, -0.1) is 0 Å². The first-order valence-corrected chi connectivity index (χ1v) is 15.1. The van der Waals surface area contributed by atoms with Gasteiger partial charge in [0.05, 0.1) is 5.52 Å². The second kappa shape index (κ2) is 12.3. The van der Waals surface area contributed by atoms with Crippen molar-refractivity contribution in [1.29, 1.82) is 0 Å². The highest BCUT2D eigenvalue weighted by Crippen LogP contribution is 2.39. The summed E-state index contributed by atoms with van der Waals surface area (Å²) in [5.74, 6) is -0.229. The van der Waals surface area contributed by atoms with Gasteiger partial charge < -0.3 is 20.4 Å². The lowest BCUT2D eigenvalue weighted by atomic mass is 9.69. The van der Waals surface area contributed by atoms with E-state index in [-0.39, 0.29) is 17.9 Å². The first kappa shape index (κ1) is 28.5. The minimum Gasteiger partial charge on any atom is -0.445 e. The van der Waals surface area contributed by atoms with E-state index in [4.69, 9.17) is 4.74 Å². The van der Waals surface area contributed by atoms with Crippen LogP contribution in [0.2, 0.25) is 0 Å². The lowest BCUT2D eigenvalue weighted by Gasteiger charge is -2.39. The second-order valence-electron chi connectivity index (χ2n) is 12.0. The maximum Gasteiger partial charge on any atom is 0.408 e. The van der Waals surface area contributed by atoms with E-state index in [0.717, 1.165) is 58.6 Å². The number of nitrogens with one attached hydrogen (secondary N) is 3. The number of fused-ring (bicyclic) bond motifs is 2. The van der Waals surface area contributed by atoms with Crippen LogP contribution in [0.3, 0.4) is 0 Å². The molecule has 0 aliphatic heterocycles. The summed E-state index contributed by atoms with van der Waals surface area (Å²) in [5, 5.41) is 8.21. The lowest BCUT2D eigenvalue weighted by Crippen LogP contribution is -2.59. The van der Waals surface area contributed by atoms with Crippen LogP contribution in [0, 0.1) is 0 Å². The molecule has 7 heteroatoms. The van der Waals surface area contributed by atoms with Crippen molar-refractivity contribution >= 4 is 33.8 Å². The summed E-state index contributed by atoms with van der Waals surface area (Å²) in [6, 6.07) is 28.1. The number of benzene rings is 3. The Morgan fingerprint density at radius 3 is 2.58 bits per heavy atom. The van der Waals surface area contributed by atoms with Crippen LogP contribution in [-0.4, -0.2) is 34.1 Å². The number of rotatable bonds is 9. The molecule has 3 N–H and O–H groups in total. The zero-order valence-electron chi connectivity index (χ0n) is 24.6. The first-order valence-electron chi connectivity index (χ1n) is 15.1. The fourth-order valence-electron chi connectivity index (χ4n) is 6.50. The Kier molecular flexibility index (Phi) is 8.14. The summed E-state index contributed by atoms with van der Waals surface area (Å²) in [5.41, 5.74) is 3.55. The van der Waals surface area contributed by atoms with Gasteiger partial charge in [-0.2, -0.15) is 0 Å². The Bertz CT molecular complexity index is 1720. The number of carbonyl (C=O) groups excluding carboxylic acids is 2. The average Bonchev–Trinajstić information content (AvgIpc) is 3.45. The third-order valence-electron chi connectivity index (χ3n) is 8.92. The summed E-state index contributed by atoms with van der Waals surface area (Å²) in [7, 11) is 0. The number of aromatic amines is 1. The van der Waals surface area contributed by atoms with Crippen molar-refractivity contribution in [2.75, 3.05) is 6.54 Å². The van der Waals surface area contributed by atoms with Crippen LogP contribution in [0.1, 0.15) is 55.7 Å². The minimum atomic E-state index is -1.25. The van der Waals surface area contributed by atoms with Crippen molar-refractivity contribution in [1.82, 2.24) is 20.6 Å². The summed E-state index contributed by atoms with van der Waals surface area (Å²) in [4.78, 5) is 35.0. The highest BCUT2D eigenvalue weighted by atomic mass is 16.5. The molecule has 5 aromatic rings. The summed E-state index contributed by atoms with van der Waals surface area (Å²) >= 11 is 0. The van der Waals surface area contributed by atoms with Crippen LogP contribution in [0.5, 0.6) is 0 Å². The number of hydrogen-bond donors (Lipinski definition) is 3. The SMILES string of the molecule is CC(Cc1c[nH]c2ccccc12)(NC(=O)OCc1ccc2ncccc2c1)C(=O)NCC1(c2ccccc2)CCCCC1. The van der Waals surface area contributed by atoms with Crippen LogP contribution in [0.4, 0.5) is 4.79 Å². The zero-order valence-corrected chi connectivity index (χ0v) is 24.6. The number of ether oxygens (including phenoxy) is 1. The van der Waals surface area contributed by atoms with E-state index in [1.807, 2.05) is 66.9 Å². The topological polar surface area (TPSA) is 96.1 Å². The van der Waals surface area contributed by atoms with Gasteiger partial charge in [0.15, 0.2) is 0 Å². The summed E-state index contributed by atoms with van der Waals surface area (Å²) in [6.07, 6.45) is 8.85. The molecule has 0 spiro atoms. The maximum absolute atomic E-state index is 14.1. The van der Waals surface area contributed by atoms with Gasteiger partial charge in [-0.1, -0.05) is 79.9 Å². The van der Waals surface area contributed by atoms with Crippen molar-refractivity contribution < 1.29 is 14.3 Å². The molecule has 7 nitrogen and oxygen atoms in total. The molecular weight excluding hydrogens is 536 g/mol. The number of para-hydroxylation sites is 1. The molecule has 0 bridgehead atoms. The van der Waals surface area contributed by atoms with Gasteiger partial charge >= 0.3 is 6.09 Å². The molecule has 1 aliphatic carbocycles. The maximum atomic E-state index is 14.1. The quantitative estimate of drug-likeness (QED) is 0.177. The molecule has 2 aromatic heterocycles. The van der Waals surface area contributed by atoms with E-state index in [9.17, 15) is 9.59 Å². The molecule has 0 saturated heterocycles. The van der Waals surface area contributed by atoms with Crippen LogP contribution in [0.15, 0.2) is 97.3 Å². The zero-order chi connectivity index (χ0) is 29.7. The van der Waals surface area contributed by atoms with Gasteiger partial charge in [0.25, 0.3) is 0 Å². The first-order chi connectivity index (χ1) is 20.9. The molecule has 1 saturated carbocycles. The molecule has 1 atom stereocenters. The van der Waals surface area contributed by atoms with E-state index < -0.39 is 11.6 Å². The third-order valence-corrected chi connectivity index (χ3v) is 8.92. The smallest absolute Gasteiger partial charge is 0.408 e. The van der Waals surface area contributed by atoms with Crippen LogP contribution >= 0.6 is 0 Å². The number of hydrogen-bond acceptors (Lipinski definition) is 4. The molecule has 6 rings (SSSR count). The Morgan fingerprint density at radius 2 is 1.74 bits per heavy atom. The highest BCUT2D eigenvalue weighted by molar-refractivity contribution is 5.91. The fourth-order valence-corrected chi connectivity index (χ4v) is 6.50. The predicted molar refractivity (Wildman–Crippen MR) is 170 cm³/mol. The normalized spacial score (nSPS) is 15.9. The van der Waals surface area contributed by atoms with E-state index >= 15 is 0 Å². The summed E-state index contributed by atoms with van der Waals surface area (Å²) < 4.78 is 5.65. The molecule has 2 amide bonds. The van der Waals surface area contributed by atoms with Crippen molar-refractivity contribution in [2.45, 2.75) is 63.0 Å². The highest BCUT2D eigenvalue weighted by Gasteiger charge is 2.40. The molecule has 3 aromatic carbocycles. The average molecular weight is 575 g/mol. The Labute approximate surface area is 252 Å². The largest absolute Gasteiger partial charge is 0.445 e. The van der Waals surface area contributed by atoms with Crippen LogP contribution in [-0.2, 0) is 28.0 Å². The third kappa shape index (κ3) is 6.26. The number of nitrogens with zero attached hydrogens (tertiary/aromatic N) is 1. The van der Waals surface area contributed by atoms with Gasteiger partial charge in [-0.05, 0) is 60.7 Å². The molecule has 0 radical (unpaired) electrons. The fraction of sp³-hybridized carbons (Fsp3) is 0.306. The van der Waals surface area contributed by atoms with Gasteiger partial charge in [0.2, 0.25) is 5.91 Å². The van der Waals surface area contributed by atoms with Crippen LogP contribution < -0.4 is 10.6 Å². The predicted octanol–water partition coefficient (Wildman–Crippen LogP) is 6.96. The number of H-pyrrole nitrogens is 1. The van der Waals surface area contributed by atoms with E-state index in [1.54, 1.807) is 13.1 Å². The molecule has 2 heterocycles. The molecule has 1 fully saturated rings. The Morgan fingerprint density at radius 1 is 0.953 bits per heavy atom. The van der Waals surface area contributed by atoms with E-state index in [0.29, 0.717) is 13.0 Å².